The zero-order chi connectivity index (χ0) is 10.0. The van der Waals surface area contributed by atoms with Crippen molar-refractivity contribution in [1.29, 1.82) is 0 Å². The Balaban J connectivity index is 2.71. The number of rotatable bonds is 2. The van der Waals surface area contributed by atoms with Crippen molar-refractivity contribution in [3.05, 3.63) is 0 Å². The number of aliphatic hydroxyl groups excluding tert-OH is 1. The first-order valence-electron chi connectivity index (χ1n) is 3.82. The predicted molar refractivity (Wildman–Crippen MR) is 47.6 cm³/mol. The van der Waals surface area contributed by atoms with Crippen LogP contribution in [0.5, 0.6) is 0 Å². The lowest BCUT2D eigenvalue weighted by atomic mass is 10.2. The van der Waals surface area contributed by atoms with Crippen LogP contribution in [0.4, 0.5) is 0 Å². The maximum Gasteiger partial charge on any atom is 0.326 e. The van der Waals surface area contributed by atoms with E-state index in [1.807, 2.05) is 0 Å². The highest BCUT2D eigenvalue weighted by molar-refractivity contribution is 9.09. The molecule has 0 aromatic rings. The Morgan fingerprint density at radius 1 is 1.54 bits per heavy atom. The molecular weight excluding hydrogens is 242 g/mol. The quantitative estimate of drug-likeness (QED) is 0.645. The van der Waals surface area contributed by atoms with Crippen LogP contribution in [0, 0.1) is 0 Å². The summed E-state index contributed by atoms with van der Waals surface area (Å²) in [5, 5.41) is 18.0. The minimum Gasteiger partial charge on any atom is -0.480 e. The fraction of sp³-hybridized carbons (Fsp3) is 0.714. The van der Waals surface area contributed by atoms with Gasteiger partial charge in [-0.05, 0) is 0 Å². The van der Waals surface area contributed by atoms with E-state index in [1.165, 1.54) is 4.90 Å². The lowest BCUT2D eigenvalue weighted by Gasteiger charge is -2.19. The van der Waals surface area contributed by atoms with E-state index in [0.29, 0.717) is 0 Å². The number of hydrogen-bond acceptors (Lipinski definition) is 3. The van der Waals surface area contributed by atoms with Crippen molar-refractivity contribution in [3.8, 4) is 0 Å². The van der Waals surface area contributed by atoms with Crippen LogP contribution in [-0.2, 0) is 9.59 Å². The number of halogens is 1. The topological polar surface area (TPSA) is 77.8 Å². The number of carbonyl (C=O) groups excluding carboxylic acids is 1. The van der Waals surface area contributed by atoms with Gasteiger partial charge in [-0.25, -0.2) is 4.79 Å². The lowest BCUT2D eigenvalue weighted by Crippen LogP contribution is -2.41. The molecule has 1 heterocycles. The zero-order valence-electron chi connectivity index (χ0n) is 6.81. The smallest absolute Gasteiger partial charge is 0.326 e. The zero-order valence-corrected chi connectivity index (χ0v) is 8.40. The minimum atomic E-state index is -1.06. The van der Waals surface area contributed by atoms with Gasteiger partial charge in [0.2, 0.25) is 5.91 Å². The summed E-state index contributed by atoms with van der Waals surface area (Å²) in [6.07, 6.45) is -0.599. The molecule has 0 aromatic carbocycles. The highest BCUT2D eigenvalue weighted by atomic mass is 79.9. The number of aliphatic hydroxyl groups is 1. The molecule has 1 aliphatic rings. The number of likely N-dealkylation sites (tertiary alicyclic amines) is 1. The van der Waals surface area contributed by atoms with Crippen LogP contribution in [0.3, 0.4) is 0 Å². The maximum atomic E-state index is 11.2. The lowest BCUT2D eigenvalue weighted by molar-refractivity contribution is -0.147. The Labute approximate surface area is 83.5 Å². The SMILES string of the molecule is O=C(O)[C@@H]1CC(O)CN1C(=O)CBr. The Hall–Kier alpha value is -0.620. The highest BCUT2D eigenvalue weighted by Crippen LogP contribution is 2.18. The summed E-state index contributed by atoms with van der Waals surface area (Å²) < 4.78 is 0. The number of carboxylic acids is 1. The molecule has 6 heteroatoms. The van der Waals surface area contributed by atoms with Crippen LogP contribution >= 0.6 is 15.9 Å². The molecule has 13 heavy (non-hydrogen) atoms. The number of β-amino-alcohol motifs (C(OH)–C–C–N with tert-alkyl or cyclic N) is 1. The Bertz CT molecular complexity index is 233. The summed E-state index contributed by atoms with van der Waals surface area (Å²) >= 11 is 2.96. The normalized spacial score (nSPS) is 27.7. The van der Waals surface area contributed by atoms with Crippen molar-refractivity contribution in [2.75, 3.05) is 11.9 Å². The molecule has 0 spiro atoms. The van der Waals surface area contributed by atoms with Gasteiger partial charge in [0, 0.05) is 13.0 Å². The second-order valence-corrected chi connectivity index (χ2v) is 3.48. The number of carboxylic acid groups (broad SMARTS) is 1. The molecule has 1 fully saturated rings. The van der Waals surface area contributed by atoms with E-state index < -0.39 is 18.1 Å². The third-order valence-corrected chi connectivity index (χ3v) is 2.48. The van der Waals surface area contributed by atoms with Gasteiger partial charge in [0.15, 0.2) is 0 Å². The molecule has 1 aliphatic heterocycles. The molecule has 0 radical (unpaired) electrons. The number of carbonyl (C=O) groups is 2. The summed E-state index contributed by atoms with van der Waals surface area (Å²) in [7, 11) is 0. The van der Waals surface area contributed by atoms with Crippen LogP contribution in [-0.4, -0.2) is 51.0 Å². The van der Waals surface area contributed by atoms with Crippen molar-refractivity contribution in [2.24, 2.45) is 0 Å². The van der Waals surface area contributed by atoms with Gasteiger partial charge < -0.3 is 15.1 Å². The fourth-order valence-corrected chi connectivity index (χ4v) is 1.72. The molecule has 1 rings (SSSR count). The van der Waals surface area contributed by atoms with Gasteiger partial charge >= 0.3 is 5.97 Å². The molecule has 0 bridgehead atoms. The molecule has 1 unspecified atom stereocenters. The molecule has 2 N–H and O–H groups in total. The number of aliphatic carboxylic acids is 1. The van der Waals surface area contributed by atoms with E-state index in [0.717, 1.165) is 0 Å². The maximum absolute atomic E-state index is 11.2. The molecule has 1 saturated heterocycles. The number of hydrogen-bond donors (Lipinski definition) is 2. The van der Waals surface area contributed by atoms with E-state index in [4.69, 9.17) is 5.11 Å². The molecule has 0 saturated carbocycles. The summed E-state index contributed by atoms with van der Waals surface area (Å²) in [5.41, 5.74) is 0. The van der Waals surface area contributed by atoms with Crippen LogP contribution < -0.4 is 0 Å². The fourth-order valence-electron chi connectivity index (χ4n) is 1.40. The Kier molecular flexibility index (Phi) is 3.27. The second kappa shape index (κ2) is 4.06. The van der Waals surface area contributed by atoms with Crippen molar-refractivity contribution in [3.63, 3.8) is 0 Å². The van der Waals surface area contributed by atoms with Gasteiger partial charge in [0.25, 0.3) is 0 Å². The van der Waals surface area contributed by atoms with Gasteiger partial charge in [0.05, 0.1) is 11.4 Å². The monoisotopic (exact) mass is 251 g/mol. The van der Waals surface area contributed by atoms with Gasteiger partial charge in [0.1, 0.15) is 6.04 Å². The van der Waals surface area contributed by atoms with Crippen LogP contribution in [0.1, 0.15) is 6.42 Å². The predicted octanol–water partition coefficient (Wildman–Crippen LogP) is -0.572. The summed E-state index contributed by atoms with van der Waals surface area (Å²) in [5.74, 6) is -1.37. The molecule has 0 aromatic heterocycles. The van der Waals surface area contributed by atoms with E-state index in [-0.39, 0.29) is 24.2 Å². The molecule has 0 aliphatic carbocycles. The first kappa shape index (κ1) is 10.5. The third-order valence-electron chi connectivity index (χ3n) is 2.00. The molecule has 74 valence electrons. The second-order valence-electron chi connectivity index (χ2n) is 2.92. The van der Waals surface area contributed by atoms with Crippen molar-refractivity contribution in [2.45, 2.75) is 18.6 Å². The average molecular weight is 252 g/mol. The van der Waals surface area contributed by atoms with Crippen molar-refractivity contribution >= 4 is 27.8 Å². The van der Waals surface area contributed by atoms with Crippen molar-refractivity contribution < 1.29 is 19.8 Å². The van der Waals surface area contributed by atoms with Crippen LogP contribution in [0.15, 0.2) is 0 Å². The van der Waals surface area contributed by atoms with Crippen LogP contribution in [0.25, 0.3) is 0 Å². The van der Waals surface area contributed by atoms with E-state index >= 15 is 0 Å². The third kappa shape index (κ3) is 2.19. The first-order chi connectivity index (χ1) is 6.06. The summed E-state index contributed by atoms with van der Waals surface area (Å²) in [4.78, 5) is 23.0. The molecule has 5 nitrogen and oxygen atoms in total. The largest absolute Gasteiger partial charge is 0.480 e. The Morgan fingerprint density at radius 2 is 2.15 bits per heavy atom. The van der Waals surface area contributed by atoms with Gasteiger partial charge in [-0.2, -0.15) is 0 Å². The van der Waals surface area contributed by atoms with Crippen molar-refractivity contribution in [1.82, 2.24) is 4.90 Å². The summed E-state index contributed by atoms with van der Waals surface area (Å²) in [6.45, 7) is 0.113. The van der Waals surface area contributed by atoms with E-state index in [2.05, 4.69) is 15.9 Å². The first-order valence-corrected chi connectivity index (χ1v) is 4.94. The average Bonchev–Trinajstić information content (AvgIpc) is 2.46. The van der Waals surface area contributed by atoms with Gasteiger partial charge in [-0.15, -0.1) is 0 Å². The number of amides is 1. The number of alkyl halides is 1. The molecular formula is C7H10BrNO4. The standard InChI is InChI=1S/C7H10BrNO4/c8-2-6(11)9-3-4(10)1-5(9)7(12)13/h4-5,10H,1-3H2,(H,12,13)/t4?,5-/m0/s1. The summed E-state index contributed by atoms with van der Waals surface area (Å²) in [6, 6.07) is -0.875. The molecule has 1 amide bonds. The van der Waals surface area contributed by atoms with E-state index in [1.54, 1.807) is 0 Å². The number of nitrogens with zero attached hydrogens (tertiary/aromatic N) is 1. The van der Waals surface area contributed by atoms with Gasteiger partial charge in [-0.3, -0.25) is 4.79 Å². The minimum absolute atomic E-state index is 0.0868. The van der Waals surface area contributed by atoms with Gasteiger partial charge in [-0.1, -0.05) is 15.9 Å². The van der Waals surface area contributed by atoms with E-state index in [9.17, 15) is 14.7 Å². The Morgan fingerprint density at radius 3 is 2.62 bits per heavy atom. The highest BCUT2D eigenvalue weighted by Gasteiger charge is 2.38. The van der Waals surface area contributed by atoms with Crippen LogP contribution in [0.2, 0.25) is 0 Å². The molecule has 2 atom stereocenters.